The van der Waals surface area contributed by atoms with Crippen molar-refractivity contribution in [2.45, 2.75) is 25.7 Å². The normalized spacial score (nSPS) is 19.3. The van der Waals surface area contributed by atoms with E-state index in [1.54, 1.807) is 12.1 Å². The highest BCUT2D eigenvalue weighted by atomic mass is 19.4. The third kappa shape index (κ3) is 4.61. The Labute approximate surface area is 165 Å². The summed E-state index contributed by atoms with van der Waals surface area (Å²) in [4.78, 5) is 26.1. The highest BCUT2D eigenvalue weighted by molar-refractivity contribution is 6.07. The molecule has 0 saturated carbocycles. The number of alkyl halides is 3. The van der Waals surface area contributed by atoms with E-state index in [0.717, 1.165) is 22.6 Å². The van der Waals surface area contributed by atoms with E-state index in [2.05, 4.69) is 10.1 Å². The van der Waals surface area contributed by atoms with Crippen LogP contribution in [0, 0.1) is 6.92 Å². The Kier molecular flexibility index (Phi) is 5.41. The van der Waals surface area contributed by atoms with Gasteiger partial charge in [-0.1, -0.05) is 29.8 Å². The van der Waals surface area contributed by atoms with E-state index >= 15 is 0 Å². The molecule has 0 spiro atoms. The first-order chi connectivity index (χ1) is 13.6. The summed E-state index contributed by atoms with van der Waals surface area (Å²) in [6, 6.07) is 11.6. The van der Waals surface area contributed by atoms with Gasteiger partial charge in [-0.15, -0.1) is 13.2 Å². The summed E-state index contributed by atoms with van der Waals surface area (Å²) < 4.78 is 46.3. The second-order valence-corrected chi connectivity index (χ2v) is 6.75. The fourth-order valence-corrected chi connectivity index (χ4v) is 2.97. The highest BCUT2D eigenvalue weighted by Gasteiger charge is 2.48. The van der Waals surface area contributed by atoms with Crippen LogP contribution in [0.1, 0.15) is 18.1 Å². The molecule has 9 heteroatoms. The molecule has 1 atom stereocenters. The van der Waals surface area contributed by atoms with Crippen LogP contribution >= 0.6 is 0 Å². The van der Waals surface area contributed by atoms with Crippen LogP contribution in [0.4, 0.5) is 18.0 Å². The lowest BCUT2D eigenvalue weighted by Crippen LogP contribution is -2.41. The van der Waals surface area contributed by atoms with Crippen molar-refractivity contribution in [1.29, 1.82) is 0 Å². The largest absolute Gasteiger partial charge is 0.573 e. The van der Waals surface area contributed by atoms with E-state index in [9.17, 15) is 22.8 Å². The minimum absolute atomic E-state index is 0.0312. The second-order valence-electron chi connectivity index (χ2n) is 6.75. The zero-order chi connectivity index (χ0) is 21.2. The van der Waals surface area contributed by atoms with Crippen LogP contribution in [0.5, 0.6) is 11.5 Å². The number of rotatable bonds is 6. The Morgan fingerprint density at radius 3 is 2.17 bits per heavy atom. The maximum atomic E-state index is 12.8. The fourth-order valence-electron chi connectivity index (χ4n) is 2.97. The van der Waals surface area contributed by atoms with Gasteiger partial charge in [0.25, 0.3) is 5.91 Å². The molecule has 1 fully saturated rings. The minimum Gasteiger partial charge on any atom is -0.492 e. The summed E-state index contributed by atoms with van der Waals surface area (Å²) >= 11 is 0. The summed E-state index contributed by atoms with van der Waals surface area (Å²) in [7, 11) is 0. The standard InChI is InChI=1S/C20H19F3N2O4/c1-13-3-7-15(8-4-13)28-12-11-25-17(26)19(2,24-18(25)27)14-5-9-16(10-6-14)29-20(21,22)23/h3-10H,11-12H2,1-2H3,(H,24,27)/t19-/m1/s1. The monoisotopic (exact) mass is 408 g/mol. The number of halogens is 3. The molecule has 1 aliphatic rings. The molecule has 3 amide bonds. The number of urea groups is 1. The van der Waals surface area contributed by atoms with Gasteiger partial charge < -0.3 is 14.8 Å². The van der Waals surface area contributed by atoms with Crippen LogP contribution in [-0.4, -0.2) is 36.4 Å². The van der Waals surface area contributed by atoms with Gasteiger partial charge in [-0.2, -0.15) is 0 Å². The summed E-state index contributed by atoms with van der Waals surface area (Å²) in [6.07, 6.45) is -4.81. The molecule has 1 aliphatic heterocycles. The quantitative estimate of drug-likeness (QED) is 0.740. The highest BCUT2D eigenvalue weighted by Crippen LogP contribution is 2.31. The van der Waals surface area contributed by atoms with Gasteiger partial charge in [-0.25, -0.2) is 4.79 Å². The zero-order valence-corrected chi connectivity index (χ0v) is 15.7. The molecule has 29 heavy (non-hydrogen) atoms. The summed E-state index contributed by atoms with van der Waals surface area (Å²) in [6.45, 7) is 3.58. The first-order valence-corrected chi connectivity index (χ1v) is 8.78. The molecule has 6 nitrogen and oxygen atoms in total. The van der Waals surface area contributed by atoms with Crippen LogP contribution in [0.15, 0.2) is 48.5 Å². The van der Waals surface area contributed by atoms with Crippen molar-refractivity contribution < 1.29 is 32.2 Å². The maximum absolute atomic E-state index is 12.8. The molecule has 1 heterocycles. The van der Waals surface area contributed by atoms with Crippen molar-refractivity contribution in [2.75, 3.05) is 13.2 Å². The average Bonchev–Trinajstić information content (AvgIpc) is 2.86. The minimum atomic E-state index is -4.81. The van der Waals surface area contributed by atoms with Gasteiger partial charge in [0.2, 0.25) is 0 Å². The second kappa shape index (κ2) is 7.65. The van der Waals surface area contributed by atoms with Gasteiger partial charge in [0, 0.05) is 0 Å². The number of nitrogens with one attached hydrogen (secondary N) is 1. The molecular weight excluding hydrogens is 389 g/mol. The Hall–Kier alpha value is -3.23. The average molecular weight is 408 g/mol. The lowest BCUT2D eigenvalue weighted by Gasteiger charge is -2.22. The predicted molar refractivity (Wildman–Crippen MR) is 97.4 cm³/mol. The predicted octanol–water partition coefficient (Wildman–Crippen LogP) is 3.74. The van der Waals surface area contributed by atoms with Crippen molar-refractivity contribution in [3.05, 3.63) is 59.7 Å². The summed E-state index contributed by atoms with van der Waals surface area (Å²) in [5.74, 6) is -0.310. The van der Waals surface area contributed by atoms with Gasteiger partial charge in [0.1, 0.15) is 23.6 Å². The number of carbonyl (C=O) groups excluding carboxylic acids is 2. The Morgan fingerprint density at radius 2 is 1.59 bits per heavy atom. The molecule has 1 saturated heterocycles. The lowest BCUT2D eigenvalue weighted by molar-refractivity contribution is -0.274. The summed E-state index contributed by atoms with van der Waals surface area (Å²) in [5.41, 5.74) is 0.0266. The smallest absolute Gasteiger partial charge is 0.492 e. The van der Waals surface area contributed by atoms with Crippen molar-refractivity contribution in [2.24, 2.45) is 0 Å². The number of carbonyl (C=O) groups is 2. The molecule has 0 aromatic heterocycles. The van der Waals surface area contributed by atoms with Crippen LogP contribution in [0.2, 0.25) is 0 Å². The van der Waals surface area contributed by atoms with E-state index in [4.69, 9.17) is 4.74 Å². The number of imide groups is 1. The van der Waals surface area contributed by atoms with Gasteiger partial charge in [-0.3, -0.25) is 9.69 Å². The van der Waals surface area contributed by atoms with E-state index in [-0.39, 0.29) is 13.2 Å². The van der Waals surface area contributed by atoms with Crippen molar-refractivity contribution in [3.63, 3.8) is 0 Å². The molecule has 3 rings (SSSR count). The zero-order valence-electron chi connectivity index (χ0n) is 15.7. The molecular formula is C20H19F3N2O4. The number of hydrogen-bond acceptors (Lipinski definition) is 4. The molecule has 0 aliphatic carbocycles. The van der Waals surface area contributed by atoms with E-state index in [0.29, 0.717) is 11.3 Å². The molecule has 154 valence electrons. The number of nitrogens with zero attached hydrogens (tertiary/aromatic N) is 1. The first-order valence-electron chi connectivity index (χ1n) is 8.78. The number of aryl methyl sites for hydroxylation is 1. The van der Waals surface area contributed by atoms with Crippen LogP contribution < -0.4 is 14.8 Å². The van der Waals surface area contributed by atoms with Gasteiger partial charge in [0.05, 0.1) is 6.54 Å². The molecule has 0 radical (unpaired) electrons. The Balaban J connectivity index is 1.66. The molecule has 0 bridgehead atoms. The number of benzene rings is 2. The maximum Gasteiger partial charge on any atom is 0.573 e. The SMILES string of the molecule is Cc1ccc(OCCN2C(=O)N[C@](C)(c3ccc(OC(F)(F)F)cc3)C2=O)cc1. The van der Waals surface area contributed by atoms with Gasteiger partial charge in [-0.05, 0) is 43.7 Å². The van der Waals surface area contributed by atoms with Crippen molar-refractivity contribution in [3.8, 4) is 11.5 Å². The number of amides is 3. The topological polar surface area (TPSA) is 67.9 Å². The van der Waals surface area contributed by atoms with Crippen LogP contribution in [0.25, 0.3) is 0 Å². The molecule has 0 unspecified atom stereocenters. The molecule has 1 N–H and O–H groups in total. The van der Waals surface area contributed by atoms with Crippen LogP contribution in [-0.2, 0) is 10.3 Å². The van der Waals surface area contributed by atoms with Crippen LogP contribution in [0.3, 0.4) is 0 Å². The molecule has 2 aromatic rings. The van der Waals surface area contributed by atoms with Gasteiger partial charge >= 0.3 is 12.4 Å². The lowest BCUT2D eigenvalue weighted by atomic mass is 9.92. The third-order valence-corrected chi connectivity index (χ3v) is 4.54. The number of hydrogen-bond donors (Lipinski definition) is 1. The third-order valence-electron chi connectivity index (χ3n) is 4.54. The summed E-state index contributed by atoms with van der Waals surface area (Å²) in [5, 5.41) is 2.59. The van der Waals surface area contributed by atoms with Crippen molar-refractivity contribution >= 4 is 11.9 Å². The number of ether oxygens (including phenoxy) is 2. The fraction of sp³-hybridized carbons (Fsp3) is 0.300. The first kappa shape index (κ1) is 20.5. The van der Waals surface area contributed by atoms with Crippen molar-refractivity contribution in [1.82, 2.24) is 10.2 Å². The Bertz CT molecular complexity index is 897. The van der Waals surface area contributed by atoms with E-state index in [1.807, 2.05) is 19.1 Å². The Morgan fingerprint density at radius 1 is 1.00 bits per heavy atom. The molecule has 2 aromatic carbocycles. The van der Waals surface area contributed by atoms with E-state index < -0.39 is 29.6 Å². The van der Waals surface area contributed by atoms with E-state index in [1.165, 1.54) is 19.1 Å². The van der Waals surface area contributed by atoms with Gasteiger partial charge in [0.15, 0.2) is 0 Å².